The molecule has 0 unspecified atom stereocenters. The third kappa shape index (κ3) is 2.33. The predicted molar refractivity (Wildman–Crippen MR) is 96.0 cm³/mol. The summed E-state index contributed by atoms with van der Waals surface area (Å²) in [5, 5.41) is 1.39. The quantitative estimate of drug-likeness (QED) is 0.715. The second kappa shape index (κ2) is 5.48. The van der Waals surface area contributed by atoms with Crippen LogP contribution >= 0.6 is 35.4 Å². The second-order valence-corrected chi connectivity index (χ2v) is 6.85. The van der Waals surface area contributed by atoms with E-state index in [1.54, 1.807) is 23.1 Å². The van der Waals surface area contributed by atoms with Crippen molar-refractivity contribution in [3.8, 4) is 0 Å². The lowest BCUT2D eigenvalue weighted by molar-refractivity contribution is -0.119. The van der Waals surface area contributed by atoms with E-state index >= 15 is 0 Å². The number of fused-ring (bicyclic) bond motifs is 2. The Bertz CT molecular complexity index is 796. The highest BCUT2D eigenvalue weighted by Gasteiger charge is 2.45. The van der Waals surface area contributed by atoms with Crippen LogP contribution in [0.3, 0.4) is 0 Å². The van der Waals surface area contributed by atoms with Crippen molar-refractivity contribution in [3.05, 3.63) is 63.6 Å². The van der Waals surface area contributed by atoms with Gasteiger partial charge in [-0.3, -0.25) is 9.69 Å². The molecule has 0 spiro atoms. The minimum atomic E-state index is -0.244. The molecule has 0 N–H and O–H groups in total. The van der Waals surface area contributed by atoms with Gasteiger partial charge in [-0.15, -0.1) is 0 Å². The fourth-order valence-corrected chi connectivity index (χ4v) is 3.86. The summed E-state index contributed by atoms with van der Waals surface area (Å²) in [6, 6.07) is 13.1. The topological polar surface area (TPSA) is 23.6 Å². The summed E-state index contributed by atoms with van der Waals surface area (Å²) in [6.45, 7) is 0.656. The van der Waals surface area contributed by atoms with Crippen molar-refractivity contribution in [1.82, 2.24) is 4.90 Å². The van der Waals surface area contributed by atoms with E-state index in [4.69, 9.17) is 35.4 Å². The number of hydrogen-bond donors (Lipinski definition) is 0. The molecule has 3 nitrogen and oxygen atoms in total. The highest BCUT2D eigenvalue weighted by molar-refractivity contribution is 7.80. The maximum absolute atomic E-state index is 12.9. The van der Waals surface area contributed by atoms with Crippen LogP contribution in [0.1, 0.15) is 11.1 Å². The Hall–Kier alpha value is -1.62. The van der Waals surface area contributed by atoms with Gasteiger partial charge in [0.15, 0.2) is 5.11 Å². The SMILES string of the molecule is O=C1[C@H]2Cc3ccccc3CN2C(=S)N1c1ccc(Cl)c(Cl)c1. The van der Waals surface area contributed by atoms with E-state index in [2.05, 4.69) is 12.1 Å². The molecule has 6 heteroatoms. The number of amides is 1. The largest absolute Gasteiger partial charge is 0.332 e. The van der Waals surface area contributed by atoms with E-state index in [1.807, 2.05) is 17.0 Å². The van der Waals surface area contributed by atoms with Crippen LogP contribution in [0, 0.1) is 0 Å². The number of rotatable bonds is 1. The average Bonchev–Trinajstić information content (AvgIpc) is 2.79. The summed E-state index contributed by atoms with van der Waals surface area (Å²) in [5.74, 6) is -0.0112. The third-order valence-electron chi connectivity index (χ3n) is 4.35. The maximum Gasteiger partial charge on any atom is 0.256 e. The predicted octanol–water partition coefficient (Wildman–Crippen LogP) is 4.05. The van der Waals surface area contributed by atoms with Gasteiger partial charge in [-0.1, -0.05) is 47.5 Å². The monoisotopic (exact) mass is 362 g/mol. The molecule has 2 aromatic rings. The normalized spacial score (nSPS) is 19.8. The molecular weight excluding hydrogens is 351 g/mol. The molecule has 1 amide bonds. The molecule has 4 rings (SSSR count). The first kappa shape index (κ1) is 14.9. The van der Waals surface area contributed by atoms with Gasteiger partial charge in [0.05, 0.1) is 15.7 Å². The zero-order valence-corrected chi connectivity index (χ0v) is 14.3. The number of hydrogen-bond acceptors (Lipinski definition) is 2. The molecule has 2 aliphatic rings. The lowest BCUT2D eigenvalue weighted by atomic mass is 9.95. The third-order valence-corrected chi connectivity index (χ3v) is 5.51. The zero-order valence-electron chi connectivity index (χ0n) is 12.0. The summed E-state index contributed by atoms with van der Waals surface area (Å²) in [6.07, 6.45) is 0.674. The van der Waals surface area contributed by atoms with E-state index in [-0.39, 0.29) is 11.9 Å². The van der Waals surface area contributed by atoms with Crippen LogP contribution in [0.2, 0.25) is 10.0 Å². The van der Waals surface area contributed by atoms with Crippen LogP contribution in [0.25, 0.3) is 0 Å². The fourth-order valence-electron chi connectivity index (χ4n) is 3.18. The Kier molecular flexibility index (Phi) is 3.56. The first-order valence-corrected chi connectivity index (χ1v) is 8.39. The number of benzene rings is 2. The zero-order chi connectivity index (χ0) is 16.1. The minimum absolute atomic E-state index is 0.0112. The number of nitrogens with zero attached hydrogens (tertiary/aromatic N) is 2. The molecule has 1 atom stereocenters. The lowest BCUT2D eigenvalue weighted by Gasteiger charge is -2.30. The van der Waals surface area contributed by atoms with Gasteiger partial charge in [0.2, 0.25) is 0 Å². The molecule has 0 saturated carbocycles. The summed E-state index contributed by atoms with van der Waals surface area (Å²) < 4.78 is 0. The van der Waals surface area contributed by atoms with Crippen molar-refractivity contribution in [2.75, 3.05) is 4.90 Å². The molecule has 0 bridgehead atoms. The number of carbonyl (C=O) groups is 1. The van der Waals surface area contributed by atoms with Crippen molar-refractivity contribution >= 4 is 52.1 Å². The van der Waals surface area contributed by atoms with Gasteiger partial charge in [-0.25, -0.2) is 0 Å². The summed E-state index contributed by atoms with van der Waals surface area (Å²) in [7, 11) is 0. The van der Waals surface area contributed by atoms with Crippen LogP contribution < -0.4 is 4.90 Å². The van der Waals surface area contributed by atoms with Crippen LogP contribution in [0.4, 0.5) is 5.69 Å². The molecule has 0 aliphatic carbocycles. The van der Waals surface area contributed by atoms with Gasteiger partial charge < -0.3 is 4.90 Å². The molecule has 23 heavy (non-hydrogen) atoms. The lowest BCUT2D eigenvalue weighted by Crippen LogP contribution is -2.39. The maximum atomic E-state index is 12.9. The first-order valence-electron chi connectivity index (χ1n) is 7.22. The van der Waals surface area contributed by atoms with E-state index in [0.717, 1.165) is 0 Å². The van der Waals surface area contributed by atoms with Crippen molar-refractivity contribution in [3.63, 3.8) is 0 Å². The highest BCUT2D eigenvalue weighted by Crippen LogP contribution is 2.35. The van der Waals surface area contributed by atoms with Gasteiger partial charge in [0.1, 0.15) is 6.04 Å². The van der Waals surface area contributed by atoms with Gasteiger partial charge in [-0.05, 0) is 41.5 Å². The van der Waals surface area contributed by atoms with Crippen LogP contribution in [-0.2, 0) is 17.8 Å². The Morgan fingerprint density at radius 1 is 1.04 bits per heavy atom. The number of thiocarbonyl (C=S) groups is 1. The minimum Gasteiger partial charge on any atom is -0.332 e. The standard InChI is InChI=1S/C17H12Cl2N2OS/c18-13-6-5-12(8-14(13)19)21-16(22)15-7-10-3-1-2-4-11(10)9-20(15)17(21)23/h1-6,8,15H,7,9H2/t15-/m1/s1. The van der Waals surface area contributed by atoms with Crippen LogP contribution in [-0.4, -0.2) is 22.0 Å². The summed E-state index contributed by atoms with van der Waals surface area (Å²) in [5.41, 5.74) is 3.09. The molecule has 0 radical (unpaired) electrons. The van der Waals surface area contributed by atoms with Gasteiger partial charge in [0.25, 0.3) is 5.91 Å². The average molecular weight is 363 g/mol. The molecule has 116 valence electrons. The molecular formula is C17H12Cl2N2OS. The van der Waals surface area contributed by atoms with Gasteiger partial charge in [-0.2, -0.15) is 0 Å². The highest BCUT2D eigenvalue weighted by atomic mass is 35.5. The number of carbonyl (C=O) groups excluding carboxylic acids is 1. The van der Waals surface area contributed by atoms with Crippen molar-refractivity contribution in [2.45, 2.75) is 19.0 Å². The molecule has 2 heterocycles. The number of halogens is 2. The molecule has 0 aromatic heterocycles. The Balaban J connectivity index is 1.72. The van der Waals surface area contributed by atoms with Crippen LogP contribution in [0.15, 0.2) is 42.5 Å². The van der Waals surface area contributed by atoms with Crippen molar-refractivity contribution in [1.29, 1.82) is 0 Å². The van der Waals surface area contributed by atoms with Crippen LogP contribution in [0.5, 0.6) is 0 Å². The smallest absolute Gasteiger partial charge is 0.256 e. The molecule has 1 saturated heterocycles. The Morgan fingerprint density at radius 3 is 2.52 bits per heavy atom. The van der Waals surface area contributed by atoms with E-state index in [1.165, 1.54) is 11.1 Å². The Labute approximate surface area is 149 Å². The van der Waals surface area contributed by atoms with Gasteiger partial charge in [0, 0.05) is 13.0 Å². The Morgan fingerprint density at radius 2 is 1.78 bits per heavy atom. The summed E-state index contributed by atoms with van der Waals surface area (Å²) in [4.78, 5) is 16.4. The molecule has 1 fully saturated rings. The first-order chi connectivity index (χ1) is 11.1. The van der Waals surface area contributed by atoms with Crippen molar-refractivity contribution in [2.24, 2.45) is 0 Å². The van der Waals surface area contributed by atoms with Crippen molar-refractivity contribution < 1.29 is 4.79 Å². The fraction of sp³-hybridized carbons (Fsp3) is 0.176. The van der Waals surface area contributed by atoms with E-state index in [9.17, 15) is 4.79 Å². The summed E-state index contributed by atoms with van der Waals surface area (Å²) >= 11 is 17.6. The van der Waals surface area contributed by atoms with Gasteiger partial charge >= 0.3 is 0 Å². The van der Waals surface area contributed by atoms with E-state index < -0.39 is 0 Å². The number of anilines is 1. The second-order valence-electron chi connectivity index (χ2n) is 5.67. The molecule has 2 aromatic carbocycles. The van der Waals surface area contributed by atoms with E-state index in [0.29, 0.717) is 33.8 Å². The molecule has 2 aliphatic heterocycles.